The Morgan fingerprint density at radius 3 is 2.53 bits per heavy atom. The predicted octanol–water partition coefficient (Wildman–Crippen LogP) is 2.11. The fourth-order valence-electron chi connectivity index (χ4n) is 1.21. The van der Waals surface area contributed by atoms with Crippen molar-refractivity contribution in [1.29, 1.82) is 0 Å². The number of aromatic nitrogens is 1. The van der Waals surface area contributed by atoms with Gasteiger partial charge in [0.1, 0.15) is 11.6 Å². The highest BCUT2D eigenvalue weighted by Crippen LogP contribution is 2.18. The van der Waals surface area contributed by atoms with E-state index in [4.69, 9.17) is 10.8 Å². The van der Waals surface area contributed by atoms with Crippen LogP contribution in [0.1, 0.15) is 0 Å². The molecular weight excluding hydrogens is 190 g/mol. The smallest absolute Gasteiger partial charge is 0.132 e. The van der Waals surface area contributed by atoms with Gasteiger partial charge in [0.2, 0.25) is 0 Å². The number of phenolic OH excluding ortho intramolecular Hbond substituents is 1. The molecule has 0 bridgehead atoms. The number of anilines is 3. The van der Waals surface area contributed by atoms with E-state index in [2.05, 4.69) is 10.3 Å². The summed E-state index contributed by atoms with van der Waals surface area (Å²) in [4.78, 5) is 4.10. The molecular formula is C11H11N3O. The van der Waals surface area contributed by atoms with Crippen LogP contribution in [0.3, 0.4) is 0 Å². The van der Waals surface area contributed by atoms with Crippen molar-refractivity contribution in [1.82, 2.24) is 4.98 Å². The normalized spacial score (nSPS) is 9.87. The highest BCUT2D eigenvalue weighted by Gasteiger charge is 1.96. The Kier molecular flexibility index (Phi) is 2.41. The number of aromatic hydroxyl groups is 1. The highest BCUT2D eigenvalue weighted by molar-refractivity contribution is 5.60. The van der Waals surface area contributed by atoms with Gasteiger partial charge in [-0.3, -0.25) is 0 Å². The average Bonchev–Trinajstić information content (AvgIpc) is 2.22. The minimum atomic E-state index is 0.237. The van der Waals surface area contributed by atoms with Crippen molar-refractivity contribution in [3.63, 3.8) is 0 Å². The summed E-state index contributed by atoms with van der Waals surface area (Å²) in [7, 11) is 0. The van der Waals surface area contributed by atoms with Crippen molar-refractivity contribution < 1.29 is 5.11 Å². The molecule has 2 aromatic rings. The molecule has 0 unspecified atom stereocenters. The molecule has 0 aliphatic carbocycles. The van der Waals surface area contributed by atoms with E-state index in [1.54, 1.807) is 42.6 Å². The maximum absolute atomic E-state index is 9.10. The van der Waals surface area contributed by atoms with E-state index in [1.165, 1.54) is 0 Å². The zero-order valence-electron chi connectivity index (χ0n) is 8.01. The second-order valence-electron chi connectivity index (χ2n) is 3.15. The molecule has 0 saturated heterocycles. The summed E-state index contributed by atoms with van der Waals surface area (Å²) >= 11 is 0. The molecule has 0 atom stereocenters. The number of nitrogen functional groups attached to an aromatic ring is 1. The van der Waals surface area contributed by atoms with Crippen LogP contribution in [0.5, 0.6) is 5.75 Å². The van der Waals surface area contributed by atoms with Gasteiger partial charge in [-0.15, -0.1) is 0 Å². The number of hydrogen-bond donors (Lipinski definition) is 3. The third-order valence-corrected chi connectivity index (χ3v) is 1.92. The van der Waals surface area contributed by atoms with E-state index in [0.29, 0.717) is 11.5 Å². The second-order valence-corrected chi connectivity index (χ2v) is 3.15. The summed E-state index contributed by atoms with van der Waals surface area (Å²) in [6, 6.07) is 10.2. The van der Waals surface area contributed by atoms with E-state index in [9.17, 15) is 0 Å². The van der Waals surface area contributed by atoms with Crippen molar-refractivity contribution in [2.24, 2.45) is 0 Å². The molecule has 15 heavy (non-hydrogen) atoms. The van der Waals surface area contributed by atoms with Gasteiger partial charge in [-0.25, -0.2) is 4.98 Å². The van der Waals surface area contributed by atoms with E-state index >= 15 is 0 Å². The van der Waals surface area contributed by atoms with Crippen LogP contribution in [0.15, 0.2) is 42.6 Å². The lowest BCUT2D eigenvalue weighted by atomic mass is 10.3. The Morgan fingerprint density at radius 2 is 1.87 bits per heavy atom. The van der Waals surface area contributed by atoms with E-state index in [0.717, 1.165) is 5.69 Å². The number of rotatable bonds is 2. The molecule has 0 radical (unpaired) electrons. The summed E-state index contributed by atoms with van der Waals surface area (Å²) < 4.78 is 0. The lowest BCUT2D eigenvalue weighted by molar-refractivity contribution is 0.475. The van der Waals surface area contributed by atoms with Crippen molar-refractivity contribution in [3.8, 4) is 5.75 Å². The van der Waals surface area contributed by atoms with Crippen molar-refractivity contribution in [3.05, 3.63) is 42.6 Å². The highest BCUT2D eigenvalue weighted by atomic mass is 16.3. The Morgan fingerprint density at radius 1 is 1.13 bits per heavy atom. The molecule has 1 aromatic carbocycles. The van der Waals surface area contributed by atoms with Crippen LogP contribution in [0.2, 0.25) is 0 Å². The van der Waals surface area contributed by atoms with Gasteiger partial charge in [0.15, 0.2) is 0 Å². The molecule has 76 valence electrons. The Hall–Kier alpha value is -2.23. The van der Waals surface area contributed by atoms with Gasteiger partial charge in [0.25, 0.3) is 0 Å². The Balaban J connectivity index is 2.18. The quantitative estimate of drug-likeness (QED) is 0.651. The number of nitrogens with one attached hydrogen (secondary N) is 1. The predicted molar refractivity (Wildman–Crippen MR) is 60.0 cm³/mol. The summed E-state index contributed by atoms with van der Waals surface area (Å²) in [5.41, 5.74) is 7.13. The van der Waals surface area contributed by atoms with Gasteiger partial charge in [0, 0.05) is 23.6 Å². The molecule has 0 aliphatic rings. The first kappa shape index (κ1) is 9.33. The fraction of sp³-hybridized carbons (Fsp3) is 0. The molecule has 4 heteroatoms. The lowest BCUT2D eigenvalue weighted by Crippen LogP contribution is -1.94. The largest absolute Gasteiger partial charge is 0.508 e. The van der Waals surface area contributed by atoms with Crippen LogP contribution >= 0.6 is 0 Å². The molecule has 4 N–H and O–H groups in total. The number of hydrogen-bond acceptors (Lipinski definition) is 4. The van der Waals surface area contributed by atoms with Gasteiger partial charge in [-0.2, -0.15) is 0 Å². The Labute approximate surface area is 87.4 Å². The summed E-state index contributed by atoms with van der Waals surface area (Å²) in [5.74, 6) is 0.918. The summed E-state index contributed by atoms with van der Waals surface area (Å²) in [6.07, 6.45) is 1.64. The van der Waals surface area contributed by atoms with Crippen LogP contribution < -0.4 is 11.1 Å². The van der Waals surface area contributed by atoms with Crippen LogP contribution in [0.25, 0.3) is 0 Å². The summed E-state index contributed by atoms with van der Waals surface area (Å²) in [6.45, 7) is 0. The molecule has 0 aliphatic heterocycles. The number of phenols is 1. The molecule has 1 aromatic heterocycles. The fourth-order valence-corrected chi connectivity index (χ4v) is 1.21. The average molecular weight is 201 g/mol. The second kappa shape index (κ2) is 3.88. The Bertz CT molecular complexity index is 454. The lowest BCUT2D eigenvalue weighted by Gasteiger charge is -2.05. The first-order chi connectivity index (χ1) is 7.24. The van der Waals surface area contributed by atoms with Crippen LogP contribution in [-0.4, -0.2) is 10.1 Å². The van der Waals surface area contributed by atoms with Crippen LogP contribution in [-0.2, 0) is 0 Å². The molecule has 4 nitrogen and oxygen atoms in total. The van der Waals surface area contributed by atoms with E-state index < -0.39 is 0 Å². The SMILES string of the molecule is Nc1ccnc(Nc2ccc(O)cc2)c1. The minimum Gasteiger partial charge on any atom is -0.508 e. The maximum Gasteiger partial charge on any atom is 0.132 e. The van der Waals surface area contributed by atoms with Crippen molar-refractivity contribution in [2.45, 2.75) is 0 Å². The van der Waals surface area contributed by atoms with Gasteiger partial charge < -0.3 is 16.2 Å². The molecule has 0 fully saturated rings. The maximum atomic E-state index is 9.10. The van der Waals surface area contributed by atoms with Crippen molar-refractivity contribution in [2.75, 3.05) is 11.1 Å². The number of nitrogens with two attached hydrogens (primary N) is 1. The van der Waals surface area contributed by atoms with Crippen LogP contribution in [0, 0.1) is 0 Å². The zero-order valence-corrected chi connectivity index (χ0v) is 8.01. The monoisotopic (exact) mass is 201 g/mol. The summed E-state index contributed by atoms with van der Waals surface area (Å²) in [5, 5.41) is 12.2. The van der Waals surface area contributed by atoms with Gasteiger partial charge in [-0.1, -0.05) is 0 Å². The van der Waals surface area contributed by atoms with Crippen molar-refractivity contribution >= 4 is 17.2 Å². The first-order valence-electron chi connectivity index (χ1n) is 4.51. The van der Waals surface area contributed by atoms with Gasteiger partial charge in [-0.05, 0) is 30.3 Å². The molecule has 0 saturated carbocycles. The number of pyridine rings is 1. The standard InChI is InChI=1S/C11H11N3O/c12-8-5-6-13-11(7-8)14-9-1-3-10(15)4-2-9/h1-7,15H,(H3,12,13,14). The first-order valence-corrected chi connectivity index (χ1v) is 4.51. The third kappa shape index (κ3) is 2.37. The zero-order chi connectivity index (χ0) is 10.7. The van der Waals surface area contributed by atoms with E-state index in [1.807, 2.05) is 0 Å². The molecule has 2 rings (SSSR count). The molecule has 0 amide bonds. The molecule has 0 spiro atoms. The minimum absolute atomic E-state index is 0.237. The number of nitrogens with zero attached hydrogens (tertiary/aromatic N) is 1. The topological polar surface area (TPSA) is 71.2 Å². The van der Waals surface area contributed by atoms with Crippen LogP contribution in [0.4, 0.5) is 17.2 Å². The van der Waals surface area contributed by atoms with E-state index in [-0.39, 0.29) is 5.75 Å². The number of benzene rings is 1. The molecule has 1 heterocycles. The van der Waals surface area contributed by atoms with Gasteiger partial charge >= 0.3 is 0 Å². The third-order valence-electron chi connectivity index (χ3n) is 1.92. The van der Waals surface area contributed by atoms with Gasteiger partial charge in [0.05, 0.1) is 0 Å².